The molecular formula is C13H21N3OS. The zero-order chi connectivity index (χ0) is 12.5. The lowest BCUT2D eigenvalue weighted by atomic mass is 10.1. The Hall–Kier alpha value is -0.490. The molecule has 1 aromatic rings. The summed E-state index contributed by atoms with van der Waals surface area (Å²) in [6, 6.07) is 0. The first kappa shape index (κ1) is 12.5. The van der Waals surface area contributed by atoms with Gasteiger partial charge in [0.1, 0.15) is 5.01 Å². The molecule has 18 heavy (non-hydrogen) atoms. The maximum atomic E-state index is 5.97. The lowest BCUT2D eigenvalue weighted by Crippen LogP contribution is -2.29. The monoisotopic (exact) mass is 267 g/mol. The number of rotatable bonds is 2. The van der Waals surface area contributed by atoms with Crippen molar-refractivity contribution in [1.29, 1.82) is 0 Å². The molecule has 5 heteroatoms. The Morgan fingerprint density at radius 1 is 1.44 bits per heavy atom. The molecule has 100 valence electrons. The van der Waals surface area contributed by atoms with Crippen LogP contribution in [-0.4, -0.2) is 60.7 Å². The first-order chi connectivity index (χ1) is 8.70. The SMILES string of the molecule is Cc1csc(CN2C[C@H]3CN(C)CCO[C@H]3C2)n1. The van der Waals surface area contributed by atoms with Gasteiger partial charge in [-0.2, -0.15) is 0 Å². The fraction of sp³-hybridized carbons (Fsp3) is 0.769. The number of thiazole rings is 1. The topological polar surface area (TPSA) is 28.6 Å². The van der Waals surface area contributed by atoms with E-state index in [1.165, 1.54) is 5.01 Å². The van der Waals surface area contributed by atoms with Gasteiger partial charge < -0.3 is 9.64 Å². The number of fused-ring (bicyclic) bond motifs is 1. The van der Waals surface area contributed by atoms with Gasteiger partial charge in [-0.1, -0.05) is 0 Å². The van der Waals surface area contributed by atoms with Crippen LogP contribution in [0.4, 0.5) is 0 Å². The van der Waals surface area contributed by atoms with Crippen LogP contribution in [0.3, 0.4) is 0 Å². The number of hydrogen-bond donors (Lipinski definition) is 0. The molecule has 0 aliphatic carbocycles. The quantitative estimate of drug-likeness (QED) is 0.805. The van der Waals surface area contributed by atoms with E-state index >= 15 is 0 Å². The highest BCUT2D eigenvalue weighted by Gasteiger charge is 2.35. The van der Waals surface area contributed by atoms with E-state index in [1.54, 1.807) is 11.3 Å². The van der Waals surface area contributed by atoms with E-state index in [0.29, 0.717) is 12.0 Å². The third-order valence-corrected chi connectivity index (χ3v) is 4.78. The summed E-state index contributed by atoms with van der Waals surface area (Å²) in [6.45, 7) is 8.37. The van der Waals surface area contributed by atoms with E-state index in [-0.39, 0.29) is 0 Å². The number of likely N-dealkylation sites (N-methyl/N-ethyl adjacent to an activating group) is 1. The molecule has 0 saturated carbocycles. The molecule has 3 rings (SSSR count). The molecule has 2 atom stereocenters. The summed E-state index contributed by atoms with van der Waals surface area (Å²) in [7, 11) is 2.19. The van der Waals surface area contributed by atoms with Gasteiger partial charge in [-0.15, -0.1) is 11.3 Å². The van der Waals surface area contributed by atoms with Crippen molar-refractivity contribution < 1.29 is 4.74 Å². The van der Waals surface area contributed by atoms with E-state index in [9.17, 15) is 0 Å². The van der Waals surface area contributed by atoms with Gasteiger partial charge in [0, 0.05) is 43.2 Å². The number of ether oxygens (including phenoxy) is 1. The Morgan fingerprint density at radius 2 is 2.33 bits per heavy atom. The van der Waals surface area contributed by atoms with Crippen molar-refractivity contribution in [3.63, 3.8) is 0 Å². The molecule has 4 nitrogen and oxygen atoms in total. The molecule has 0 radical (unpaired) electrons. The first-order valence-electron chi connectivity index (χ1n) is 6.64. The highest BCUT2D eigenvalue weighted by Crippen LogP contribution is 2.25. The summed E-state index contributed by atoms with van der Waals surface area (Å²) in [6.07, 6.45) is 0.427. The fourth-order valence-corrected chi connectivity index (χ4v) is 3.75. The maximum absolute atomic E-state index is 5.97. The van der Waals surface area contributed by atoms with E-state index in [2.05, 4.69) is 34.1 Å². The molecule has 2 saturated heterocycles. The molecule has 0 bridgehead atoms. The fourth-order valence-electron chi connectivity index (χ4n) is 2.94. The van der Waals surface area contributed by atoms with E-state index in [1.807, 2.05) is 0 Å². The predicted octanol–water partition coefficient (Wildman–Crippen LogP) is 1.21. The summed E-state index contributed by atoms with van der Waals surface area (Å²) >= 11 is 1.77. The zero-order valence-corrected chi connectivity index (χ0v) is 11.9. The van der Waals surface area contributed by atoms with Gasteiger partial charge in [0.15, 0.2) is 0 Å². The standard InChI is InChI=1S/C13H21N3OS/c1-10-9-18-13(14-10)8-16-6-11-5-15(2)3-4-17-12(11)7-16/h9,11-12H,3-8H2,1-2H3/t11-,12+/m1/s1. The van der Waals surface area contributed by atoms with Crippen LogP contribution < -0.4 is 0 Å². The Labute approximate surface area is 113 Å². The average Bonchev–Trinajstić information content (AvgIpc) is 2.83. The molecule has 0 aromatic carbocycles. The van der Waals surface area contributed by atoms with Crippen molar-refractivity contribution >= 4 is 11.3 Å². The highest BCUT2D eigenvalue weighted by molar-refractivity contribution is 7.09. The first-order valence-corrected chi connectivity index (χ1v) is 7.52. The largest absolute Gasteiger partial charge is 0.375 e. The Kier molecular flexibility index (Phi) is 3.66. The third-order valence-electron chi connectivity index (χ3n) is 3.83. The second kappa shape index (κ2) is 5.25. The van der Waals surface area contributed by atoms with Crippen LogP contribution in [0, 0.1) is 12.8 Å². The summed E-state index contributed by atoms with van der Waals surface area (Å²) in [5.41, 5.74) is 1.14. The molecular weight excluding hydrogens is 246 g/mol. The number of nitrogens with zero attached hydrogens (tertiary/aromatic N) is 3. The smallest absolute Gasteiger partial charge is 0.107 e. The van der Waals surface area contributed by atoms with Crippen molar-refractivity contribution in [3.8, 4) is 0 Å². The molecule has 0 amide bonds. The second-order valence-corrected chi connectivity index (χ2v) is 6.45. The summed E-state index contributed by atoms with van der Waals surface area (Å²) < 4.78 is 5.97. The molecule has 2 aliphatic rings. The normalized spacial score (nSPS) is 30.3. The number of aromatic nitrogens is 1. The van der Waals surface area contributed by atoms with Crippen molar-refractivity contribution in [2.75, 3.05) is 39.8 Å². The second-order valence-electron chi connectivity index (χ2n) is 5.51. The van der Waals surface area contributed by atoms with Crippen LogP contribution in [0.5, 0.6) is 0 Å². The van der Waals surface area contributed by atoms with Gasteiger partial charge >= 0.3 is 0 Å². The van der Waals surface area contributed by atoms with E-state index < -0.39 is 0 Å². The van der Waals surface area contributed by atoms with Crippen LogP contribution in [0.25, 0.3) is 0 Å². The molecule has 1 aromatic heterocycles. The summed E-state index contributed by atoms with van der Waals surface area (Å²) in [4.78, 5) is 9.43. The van der Waals surface area contributed by atoms with Gasteiger partial charge in [-0.3, -0.25) is 4.90 Å². The van der Waals surface area contributed by atoms with Gasteiger partial charge in [0.25, 0.3) is 0 Å². The zero-order valence-electron chi connectivity index (χ0n) is 11.1. The van der Waals surface area contributed by atoms with Crippen LogP contribution in [0.2, 0.25) is 0 Å². The lowest BCUT2D eigenvalue weighted by Gasteiger charge is -2.18. The number of likely N-dealkylation sites (tertiary alicyclic amines) is 1. The van der Waals surface area contributed by atoms with Crippen molar-refractivity contribution in [1.82, 2.24) is 14.8 Å². The van der Waals surface area contributed by atoms with Gasteiger partial charge in [0.05, 0.1) is 19.3 Å². The number of aryl methyl sites for hydroxylation is 1. The van der Waals surface area contributed by atoms with Gasteiger partial charge in [-0.25, -0.2) is 4.98 Å². The molecule has 2 fully saturated rings. The molecule has 0 N–H and O–H groups in total. The van der Waals surface area contributed by atoms with Crippen LogP contribution in [-0.2, 0) is 11.3 Å². The van der Waals surface area contributed by atoms with E-state index in [4.69, 9.17) is 4.74 Å². The van der Waals surface area contributed by atoms with Crippen molar-refractivity contribution in [2.24, 2.45) is 5.92 Å². The summed E-state index contributed by atoms with van der Waals surface area (Å²) in [5, 5.41) is 3.37. The Balaban J connectivity index is 1.60. The van der Waals surface area contributed by atoms with Crippen molar-refractivity contribution in [3.05, 3.63) is 16.1 Å². The minimum Gasteiger partial charge on any atom is -0.375 e. The van der Waals surface area contributed by atoms with Crippen LogP contribution >= 0.6 is 11.3 Å². The maximum Gasteiger partial charge on any atom is 0.107 e. The lowest BCUT2D eigenvalue weighted by molar-refractivity contribution is 0.0514. The average molecular weight is 267 g/mol. The van der Waals surface area contributed by atoms with E-state index in [0.717, 1.165) is 45.0 Å². The minimum atomic E-state index is 0.427. The predicted molar refractivity (Wildman–Crippen MR) is 72.9 cm³/mol. The molecule has 2 aliphatic heterocycles. The molecule has 0 spiro atoms. The molecule has 3 heterocycles. The minimum absolute atomic E-state index is 0.427. The summed E-state index contributed by atoms with van der Waals surface area (Å²) in [5.74, 6) is 0.665. The Bertz CT molecular complexity index is 409. The van der Waals surface area contributed by atoms with Gasteiger partial charge in [0.2, 0.25) is 0 Å². The Morgan fingerprint density at radius 3 is 3.11 bits per heavy atom. The van der Waals surface area contributed by atoms with Crippen molar-refractivity contribution in [2.45, 2.75) is 19.6 Å². The third kappa shape index (κ3) is 2.74. The van der Waals surface area contributed by atoms with Gasteiger partial charge in [-0.05, 0) is 14.0 Å². The van der Waals surface area contributed by atoms with Crippen LogP contribution in [0.15, 0.2) is 5.38 Å². The molecule has 0 unspecified atom stereocenters. The number of hydrogen-bond acceptors (Lipinski definition) is 5. The highest BCUT2D eigenvalue weighted by atomic mass is 32.1. The van der Waals surface area contributed by atoms with Crippen LogP contribution in [0.1, 0.15) is 10.7 Å².